The van der Waals surface area contributed by atoms with Crippen LogP contribution in [0.15, 0.2) is 12.3 Å². The third kappa shape index (κ3) is 2.77. The second-order valence-corrected chi connectivity index (χ2v) is 3.07. The third-order valence-corrected chi connectivity index (χ3v) is 2.03. The summed E-state index contributed by atoms with van der Waals surface area (Å²) in [5.74, 6) is 0. The summed E-state index contributed by atoms with van der Waals surface area (Å²) < 4.78 is 30.6. The fourth-order valence-electron chi connectivity index (χ4n) is 0.977. The minimum Gasteiger partial charge on any atom is -0.372 e. The minimum atomic E-state index is -2.60. The van der Waals surface area contributed by atoms with Gasteiger partial charge in [-0.1, -0.05) is 6.92 Å². The molecule has 0 bridgehead atoms. The summed E-state index contributed by atoms with van der Waals surface area (Å²) in [6.07, 6.45) is 2.29. The fraction of sp³-hybridized carbons (Fsp3) is 0.667. The van der Waals surface area contributed by atoms with Crippen LogP contribution in [-0.2, 0) is 11.3 Å². The van der Waals surface area contributed by atoms with Gasteiger partial charge >= 0.3 is 6.55 Å². The fourth-order valence-corrected chi connectivity index (χ4v) is 0.977. The van der Waals surface area contributed by atoms with Gasteiger partial charge in [-0.15, -0.1) is 0 Å². The van der Waals surface area contributed by atoms with Crippen LogP contribution in [0.1, 0.15) is 32.5 Å². The topological polar surface area (TPSA) is 27.1 Å². The van der Waals surface area contributed by atoms with Gasteiger partial charge in [-0.2, -0.15) is 13.9 Å². The van der Waals surface area contributed by atoms with Crippen LogP contribution in [-0.4, -0.2) is 15.9 Å². The van der Waals surface area contributed by atoms with Crippen molar-refractivity contribution in [2.24, 2.45) is 0 Å². The van der Waals surface area contributed by atoms with Gasteiger partial charge in [0.1, 0.15) is 0 Å². The molecule has 0 spiro atoms. The molecule has 5 heteroatoms. The lowest BCUT2D eigenvalue weighted by Crippen LogP contribution is -2.11. The van der Waals surface area contributed by atoms with Crippen LogP contribution in [0.25, 0.3) is 0 Å². The Labute approximate surface area is 81.7 Å². The Balaban J connectivity index is 2.54. The molecule has 3 nitrogen and oxygen atoms in total. The van der Waals surface area contributed by atoms with Crippen molar-refractivity contribution in [2.75, 3.05) is 0 Å². The molecule has 0 unspecified atom stereocenters. The maximum atomic E-state index is 12.3. The van der Waals surface area contributed by atoms with Crippen LogP contribution in [0.2, 0.25) is 0 Å². The number of rotatable bonds is 5. The first kappa shape index (κ1) is 11.1. The Morgan fingerprint density at radius 1 is 1.57 bits per heavy atom. The zero-order valence-electron chi connectivity index (χ0n) is 8.28. The van der Waals surface area contributed by atoms with E-state index in [2.05, 4.69) is 5.10 Å². The maximum absolute atomic E-state index is 12.3. The molecule has 1 aromatic heterocycles. The molecule has 0 amide bonds. The third-order valence-electron chi connectivity index (χ3n) is 2.03. The summed E-state index contributed by atoms with van der Waals surface area (Å²) in [6, 6.07) is 1.54. The molecule has 0 radical (unpaired) electrons. The number of aromatic nitrogens is 2. The molecule has 1 aromatic rings. The summed E-state index contributed by atoms with van der Waals surface area (Å²) in [6.45, 7) is 1.47. The number of alkyl halides is 2. The highest BCUT2D eigenvalue weighted by atomic mass is 19.3. The van der Waals surface area contributed by atoms with Gasteiger partial charge in [0.15, 0.2) is 0 Å². The Morgan fingerprint density at radius 2 is 2.29 bits per heavy atom. The van der Waals surface area contributed by atoms with Crippen molar-refractivity contribution in [3.8, 4) is 0 Å². The first-order valence-electron chi connectivity index (χ1n) is 4.57. The Hall–Kier alpha value is -0.970. The molecule has 0 aliphatic rings. The Kier molecular flexibility index (Phi) is 4.00. The van der Waals surface area contributed by atoms with Crippen LogP contribution in [0.4, 0.5) is 8.78 Å². The maximum Gasteiger partial charge on any atom is 0.333 e. The van der Waals surface area contributed by atoms with Crippen molar-refractivity contribution >= 4 is 0 Å². The molecular formula is C9H14F2N2O. The average molecular weight is 204 g/mol. The largest absolute Gasteiger partial charge is 0.372 e. The predicted octanol–water partition coefficient (Wildman–Crippen LogP) is 2.59. The van der Waals surface area contributed by atoms with E-state index in [1.165, 1.54) is 12.3 Å². The van der Waals surface area contributed by atoms with E-state index in [9.17, 15) is 8.78 Å². The van der Waals surface area contributed by atoms with Gasteiger partial charge < -0.3 is 4.74 Å². The molecule has 1 atom stereocenters. The standard InChI is InChI=1S/C9H14F2N2O/c1-3-7(2)14-6-8-4-5-12-13(8)9(10)11/h4-5,7,9H,3,6H2,1-2H3/t7-/m1/s1. The van der Waals surface area contributed by atoms with E-state index in [4.69, 9.17) is 4.74 Å². The molecule has 80 valence electrons. The first-order valence-corrected chi connectivity index (χ1v) is 4.57. The molecular weight excluding hydrogens is 190 g/mol. The van der Waals surface area contributed by atoms with Crippen LogP contribution in [0.5, 0.6) is 0 Å². The monoisotopic (exact) mass is 204 g/mol. The van der Waals surface area contributed by atoms with Gasteiger partial charge in [-0.3, -0.25) is 0 Å². The van der Waals surface area contributed by atoms with Gasteiger partial charge in [-0.25, -0.2) is 4.68 Å². The number of hydrogen-bond donors (Lipinski definition) is 0. The van der Waals surface area contributed by atoms with E-state index < -0.39 is 6.55 Å². The number of nitrogens with zero attached hydrogens (tertiary/aromatic N) is 2. The molecule has 14 heavy (non-hydrogen) atoms. The van der Waals surface area contributed by atoms with Crippen LogP contribution in [0, 0.1) is 0 Å². The van der Waals surface area contributed by atoms with Crippen molar-refractivity contribution in [1.82, 2.24) is 9.78 Å². The number of hydrogen-bond acceptors (Lipinski definition) is 2. The van der Waals surface area contributed by atoms with Gasteiger partial charge in [0.2, 0.25) is 0 Å². The second-order valence-electron chi connectivity index (χ2n) is 3.07. The van der Waals surface area contributed by atoms with E-state index >= 15 is 0 Å². The summed E-state index contributed by atoms with van der Waals surface area (Å²) in [7, 11) is 0. The lowest BCUT2D eigenvalue weighted by Gasteiger charge is -2.11. The van der Waals surface area contributed by atoms with E-state index in [1.807, 2.05) is 13.8 Å². The van der Waals surface area contributed by atoms with Crippen LogP contribution in [0.3, 0.4) is 0 Å². The van der Waals surface area contributed by atoms with Crippen molar-refractivity contribution in [3.63, 3.8) is 0 Å². The summed E-state index contributed by atoms with van der Waals surface area (Å²) >= 11 is 0. The summed E-state index contributed by atoms with van der Waals surface area (Å²) in [5, 5.41) is 3.51. The second kappa shape index (κ2) is 5.05. The first-order chi connectivity index (χ1) is 6.65. The Bertz CT molecular complexity index is 276. The molecule has 1 rings (SSSR count). The smallest absolute Gasteiger partial charge is 0.333 e. The highest BCUT2D eigenvalue weighted by Crippen LogP contribution is 2.13. The molecule has 0 saturated heterocycles. The SMILES string of the molecule is CC[C@@H](C)OCc1ccnn1C(F)F. The van der Waals surface area contributed by atoms with Crippen molar-refractivity contribution < 1.29 is 13.5 Å². The molecule has 0 aromatic carbocycles. The van der Waals surface area contributed by atoms with E-state index in [0.29, 0.717) is 10.4 Å². The minimum absolute atomic E-state index is 0.0797. The normalized spacial score (nSPS) is 13.5. The zero-order valence-corrected chi connectivity index (χ0v) is 8.28. The quantitative estimate of drug-likeness (QED) is 0.737. The highest BCUT2D eigenvalue weighted by Gasteiger charge is 2.12. The molecule has 0 aliphatic heterocycles. The van der Waals surface area contributed by atoms with Crippen LogP contribution < -0.4 is 0 Å². The van der Waals surface area contributed by atoms with E-state index in [-0.39, 0.29) is 12.7 Å². The van der Waals surface area contributed by atoms with Gasteiger partial charge in [0.25, 0.3) is 0 Å². The lowest BCUT2D eigenvalue weighted by atomic mass is 10.3. The number of ether oxygens (including phenoxy) is 1. The van der Waals surface area contributed by atoms with Crippen molar-refractivity contribution in [3.05, 3.63) is 18.0 Å². The van der Waals surface area contributed by atoms with Gasteiger partial charge in [0, 0.05) is 6.20 Å². The lowest BCUT2D eigenvalue weighted by molar-refractivity contribution is 0.0218. The van der Waals surface area contributed by atoms with E-state index in [1.54, 1.807) is 0 Å². The predicted molar refractivity (Wildman–Crippen MR) is 48.0 cm³/mol. The van der Waals surface area contributed by atoms with Gasteiger partial charge in [-0.05, 0) is 19.4 Å². The number of halogens is 2. The molecule has 0 saturated carbocycles. The van der Waals surface area contributed by atoms with Crippen molar-refractivity contribution in [1.29, 1.82) is 0 Å². The zero-order chi connectivity index (χ0) is 10.6. The average Bonchev–Trinajstić information content (AvgIpc) is 2.62. The van der Waals surface area contributed by atoms with Crippen molar-refractivity contribution in [2.45, 2.75) is 39.5 Å². The van der Waals surface area contributed by atoms with Crippen LogP contribution >= 0.6 is 0 Å². The molecule has 0 fully saturated rings. The Morgan fingerprint density at radius 3 is 2.86 bits per heavy atom. The summed E-state index contributed by atoms with van der Waals surface area (Å²) in [4.78, 5) is 0. The highest BCUT2D eigenvalue weighted by molar-refractivity contribution is 4.98. The van der Waals surface area contributed by atoms with E-state index in [0.717, 1.165) is 6.42 Å². The molecule has 0 N–H and O–H groups in total. The molecule has 0 aliphatic carbocycles. The van der Waals surface area contributed by atoms with Gasteiger partial charge in [0.05, 0.1) is 18.4 Å². The molecule has 1 heterocycles. The summed E-state index contributed by atoms with van der Waals surface area (Å²) in [5.41, 5.74) is 0.403.